The van der Waals surface area contributed by atoms with E-state index in [1.165, 1.54) is 0 Å². The average Bonchev–Trinajstić information content (AvgIpc) is 3.24. The van der Waals surface area contributed by atoms with Crippen molar-refractivity contribution in [1.29, 1.82) is 0 Å². The summed E-state index contributed by atoms with van der Waals surface area (Å²) in [5, 5.41) is 0. The maximum Gasteiger partial charge on any atom is 0.144 e. The number of hydrogen-bond acceptors (Lipinski definition) is 4. The van der Waals surface area contributed by atoms with E-state index in [1.54, 1.807) is 21.3 Å². The highest BCUT2D eigenvalue weighted by molar-refractivity contribution is 5.70. The fraction of sp³-hybridized carbons (Fsp3) is 0.125. The number of hydrogen-bond donors (Lipinski definition) is 0. The van der Waals surface area contributed by atoms with Crippen molar-refractivity contribution in [3.8, 4) is 45.6 Å². The zero-order valence-electron chi connectivity index (χ0n) is 16.6. The lowest BCUT2D eigenvalue weighted by molar-refractivity contribution is 0.414. The van der Waals surface area contributed by atoms with Crippen LogP contribution in [-0.2, 0) is 0 Å². The number of methoxy groups -OCH3 is 3. The van der Waals surface area contributed by atoms with E-state index in [4.69, 9.17) is 19.2 Å². The molecule has 1 aromatic heterocycles. The van der Waals surface area contributed by atoms with Gasteiger partial charge in [-0.05, 0) is 72.8 Å². The molecular formula is C24H22N2O3. The quantitative estimate of drug-likeness (QED) is 0.455. The van der Waals surface area contributed by atoms with Crippen LogP contribution in [0.1, 0.15) is 0 Å². The normalized spacial score (nSPS) is 10.6. The first-order valence-corrected chi connectivity index (χ1v) is 9.24. The molecule has 0 amide bonds. The van der Waals surface area contributed by atoms with E-state index in [1.807, 2.05) is 79.0 Å². The first kappa shape index (κ1) is 18.6. The van der Waals surface area contributed by atoms with E-state index in [-0.39, 0.29) is 0 Å². The van der Waals surface area contributed by atoms with Gasteiger partial charge < -0.3 is 14.2 Å². The van der Waals surface area contributed by atoms with Crippen LogP contribution in [0.25, 0.3) is 28.3 Å². The van der Waals surface area contributed by atoms with Crippen LogP contribution in [0.2, 0.25) is 0 Å². The van der Waals surface area contributed by atoms with Gasteiger partial charge in [0.15, 0.2) is 0 Å². The van der Waals surface area contributed by atoms with Crippen LogP contribution in [0.4, 0.5) is 0 Å². The summed E-state index contributed by atoms with van der Waals surface area (Å²) < 4.78 is 18.0. The molecule has 0 N–H and O–H groups in total. The van der Waals surface area contributed by atoms with Crippen molar-refractivity contribution < 1.29 is 14.2 Å². The molecule has 0 aliphatic rings. The first-order valence-electron chi connectivity index (χ1n) is 9.24. The Morgan fingerprint density at radius 1 is 0.586 bits per heavy atom. The van der Waals surface area contributed by atoms with Gasteiger partial charge >= 0.3 is 0 Å². The van der Waals surface area contributed by atoms with Crippen LogP contribution in [-0.4, -0.2) is 30.9 Å². The molecule has 3 aromatic carbocycles. The predicted molar refractivity (Wildman–Crippen MR) is 114 cm³/mol. The molecule has 0 aliphatic carbocycles. The molecule has 5 nitrogen and oxygen atoms in total. The molecule has 0 bridgehead atoms. The highest BCUT2D eigenvalue weighted by Crippen LogP contribution is 2.32. The Hall–Kier alpha value is -3.73. The molecule has 4 aromatic rings. The Kier molecular flexibility index (Phi) is 5.20. The fourth-order valence-electron chi connectivity index (χ4n) is 3.25. The second kappa shape index (κ2) is 8.10. The third kappa shape index (κ3) is 3.67. The minimum atomic E-state index is 0.811. The Morgan fingerprint density at radius 3 is 1.52 bits per heavy atom. The summed E-state index contributed by atoms with van der Waals surface area (Å²) >= 11 is 0. The van der Waals surface area contributed by atoms with Crippen molar-refractivity contribution in [2.45, 2.75) is 0 Å². The van der Waals surface area contributed by atoms with Gasteiger partial charge in [-0.3, -0.25) is 4.57 Å². The Labute approximate surface area is 170 Å². The summed E-state index contributed by atoms with van der Waals surface area (Å²) in [6.07, 6.45) is 1.89. The number of ether oxygens (including phenoxy) is 3. The smallest absolute Gasteiger partial charge is 0.144 e. The van der Waals surface area contributed by atoms with Gasteiger partial charge in [-0.1, -0.05) is 0 Å². The van der Waals surface area contributed by atoms with E-state index in [0.29, 0.717) is 0 Å². The Balaban J connectivity index is 1.87. The average molecular weight is 386 g/mol. The standard InChI is InChI=1S/C24H22N2O3/c1-27-20-10-4-17(5-11-20)23-16-25-24(18-6-12-21(28-2)13-7-18)26(23)19-8-14-22(29-3)15-9-19/h4-16H,1-3H3. The second-order valence-electron chi connectivity index (χ2n) is 6.46. The van der Waals surface area contributed by atoms with E-state index in [0.717, 1.165) is 45.6 Å². The van der Waals surface area contributed by atoms with E-state index >= 15 is 0 Å². The maximum absolute atomic E-state index is 5.31. The van der Waals surface area contributed by atoms with Gasteiger partial charge in [0, 0.05) is 16.8 Å². The van der Waals surface area contributed by atoms with Crippen molar-refractivity contribution in [2.75, 3.05) is 21.3 Å². The molecular weight excluding hydrogens is 364 g/mol. The number of rotatable bonds is 6. The fourth-order valence-corrected chi connectivity index (χ4v) is 3.25. The van der Waals surface area contributed by atoms with Crippen LogP contribution in [0, 0.1) is 0 Å². The first-order chi connectivity index (χ1) is 14.2. The lowest BCUT2D eigenvalue weighted by Gasteiger charge is -2.14. The summed E-state index contributed by atoms with van der Waals surface area (Å²) in [6.45, 7) is 0. The molecule has 0 unspecified atom stereocenters. The molecule has 0 saturated heterocycles. The summed E-state index contributed by atoms with van der Waals surface area (Å²) in [4.78, 5) is 4.74. The molecule has 0 spiro atoms. The van der Waals surface area contributed by atoms with Crippen molar-refractivity contribution in [2.24, 2.45) is 0 Å². The van der Waals surface area contributed by atoms with Crippen LogP contribution in [0.3, 0.4) is 0 Å². The third-order valence-corrected chi connectivity index (χ3v) is 4.83. The summed E-state index contributed by atoms with van der Waals surface area (Å²) in [6, 6.07) is 23.8. The number of imidazole rings is 1. The van der Waals surface area contributed by atoms with Gasteiger partial charge in [-0.2, -0.15) is 0 Å². The van der Waals surface area contributed by atoms with Gasteiger partial charge in [0.25, 0.3) is 0 Å². The number of nitrogens with zero attached hydrogens (tertiary/aromatic N) is 2. The molecule has 5 heteroatoms. The molecule has 4 rings (SSSR count). The number of benzene rings is 3. The van der Waals surface area contributed by atoms with Crippen molar-refractivity contribution >= 4 is 0 Å². The van der Waals surface area contributed by atoms with Gasteiger partial charge in [-0.15, -0.1) is 0 Å². The summed E-state index contributed by atoms with van der Waals surface area (Å²) in [5.41, 5.74) is 4.04. The molecule has 0 saturated carbocycles. The molecule has 0 fully saturated rings. The van der Waals surface area contributed by atoms with Gasteiger partial charge in [-0.25, -0.2) is 4.98 Å². The van der Waals surface area contributed by atoms with Crippen molar-refractivity contribution in [3.63, 3.8) is 0 Å². The maximum atomic E-state index is 5.31. The van der Waals surface area contributed by atoms with E-state index in [9.17, 15) is 0 Å². The molecule has 0 aliphatic heterocycles. The summed E-state index contributed by atoms with van der Waals surface area (Å²) in [7, 11) is 4.99. The van der Waals surface area contributed by atoms with Crippen LogP contribution in [0.5, 0.6) is 17.2 Å². The lowest BCUT2D eigenvalue weighted by atomic mass is 10.1. The monoisotopic (exact) mass is 386 g/mol. The molecule has 1 heterocycles. The van der Waals surface area contributed by atoms with Crippen LogP contribution >= 0.6 is 0 Å². The Bertz CT molecular complexity index is 1020. The zero-order valence-corrected chi connectivity index (χ0v) is 16.6. The number of aromatic nitrogens is 2. The van der Waals surface area contributed by atoms with Gasteiger partial charge in [0.1, 0.15) is 23.1 Å². The van der Waals surface area contributed by atoms with Crippen LogP contribution in [0.15, 0.2) is 79.0 Å². The summed E-state index contributed by atoms with van der Waals surface area (Å²) in [5.74, 6) is 3.29. The topological polar surface area (TPSA) is 45.5 Å². The lowest BCUT2D eigenvalue weighted by Crippen LogP contribution is -2.00. The van der Waals surface area contributed by atoms with Gasteiger partial charge in [0.2, 0.25) is 0 Å². The van der Waals surface area contributed by atoms with Crippen LogP contribution < -0.4 is 14.2 Å². The zero-order chi connectivity index (χ0) is 20.2. The minimum absolute atomic E-state index is 0.811. The van der Waals surface area contributed by atoms with Crippen molar-refractivity contribution in [3.05, 3.63) is 79.0 Å². The van der Waals surface area contributed by atoms with Crippen molar-refractivity contribution in [1.82, 2.24) is 9.55 Å². The highest BCUT2D eigenvalue weighted by Gasteiger charge is 2.15. The van der Waals surface area contributed by atoms with Gasteiger partial charge in [0.05, 0.1) is 33.2 Å². The second-order valence-corrected chi connectivity index (χ2v) is 6.46. The van der Waals surface area contributed by atoms with E-state index in [2.05, 4.69) is 4.57 Å². The SMILES string of the molecule is COc1ccc(-c2cnc(-c3ccc(OC)cc3)n2-c2ccc(OC)cc2)cc1. The van der Waals surface area contributed by atoms with E-state index < -0.39 is 0 Å². The molecule has 29 heavy (non-hydrogen) atoms. The largest absolute Gasteiger partial charge is 0.497 e. The Morgan fingerprint density at radius 2 is 1.03 bits per heavy atom. The highest BCUT2D eigenvalue weighted by atomic mass is 16.5. The molecule has 0 radical (unpaired) electrons. The third-order valence-electron chi connectivity index (χ3n) is 4.83. The molecule has 146 valence electrons. The predicted octanol–water partition coefficient (Wildman–Crippen LogP) is 5.23. The molecule has 0 atom stereocenters. The minimum Gasteiger partial charge on any atom is -0.497 e.